The van der Waals surface area contributed by atoms with Crippen molar-refractivity contribution in [3.05, 3.63) is 36.3 Å². The van der Waals surface area contributed by atoms with E-state index in [2.05, 4.69) is 36.0 Å². The Labute approximate surface area is 193 Å². The summed E-state index contributed by atoms with van der Waals surface area (Å²) in [4.78, 5) is 29.5. The number of halogens is 1. The zero-order valence-corrected chi connectivity index (χ0v) is 20.5. The Balaban J connectivity index is 1.58. The number of ether oxygens (including phenoxy) is 1. The fraction of sp³-hybridized carbons (Fsp3) is 0.545. The molecule has 0 unspecified atom stereocenters. The molecule has 1 aliphatic rings. The first kappa shape index (κ1) is 23.2. The van der Waals surface area contributed by atoms with Crippen molar-refractivity contribution in [3.63, 3.8) is 0 Å². The molecule has 0 saturated carbocycles. The van der Waals surface area contributed by atoms with Crippen LogP contribution in [-0.4, -0.2) is 58.2 Å². The predicted molar refractivity (Wildman–Crippen MR) is 126 cm³/mol. The number of carbonyl (C=O) groups is 1. The van der Waals surface area contributed by atoms with Crippen LogP contribution in [-0.2, 0) is 4.74 Å². The van der Waals surface area contributed by atoms with E-state index in [-0.39, 0.29) is 6.09 Å². The van der Waals surface area contributed by atoms with E-state index in [1.807, 2.05) is 57.8 Å². The molecule has 1 fully saturated rings. The second-order valence-electron chi connectivity index (χ2n) is 8.95. The van der Waals surface area contributed by atoms with E-state index in [0.29, 0.717) is 5.92 Å². The summed E-state index contributed by atoms with van der Waals surface area (Å²) in [6.07, 6.45) is 4.99. The van der Waals surface area contributed by atoms with Crippen LogP contribution in [0.15, 0.2) is 30.7 Å². The van der Waals surface area contributed by atoms with Gasteiger partial charge in [-0.2, -0.15) is 0 Å². The van der Waals surface area contributed by atoms with Gasteiger partial charge in [-0.1, -0.05) is 6.07 Å². The normalized spacial score (nSPS) is 15.0. The monoisotopic (exact) mass is 490 g/mol. The second kappa shape index (κ2) is 9.80. The lowest BCUT2D eigenvalue weighted by Gasteiger charge is -2.35. The van der Waals surface area contributed by atoms with Gasteiger partial charge in [0, 0.05) is 38.9 Å². The fourth-order valence-corrected chi connectivity index (χ4v) is 4.12. The molecule has 9 heteroatoms. The molecular formula is C22H31BrN6O2. The molecule has 0 spiro atoms. The van der Waals surface area contributed by atoms with E-state index in [1.165, 1.54) is 0 Å². The summed E-state index contributed by atoms with van der Waals surface area (Å²) in [5.41, 5.74) is 0.584. The molecule has 168 valence electrons. The minimum Gasteiger partial charge on any atom is -0.444 e. The van der Waals surface area contributed by atoms with Crippen LogP contribution in [0.1, 0.15) is 39.2 Å². The highest BCUT2D eigenvalue weighted by molar-refractivity contribution is 9.10. The summed E-state index contributed by atoms with van der Waals surface area (Å²) in [6, 6.07) is 5.86. The Bertz CT molecular complexity index is 896. The molecule has 0 atom stereocenters. The first-order chi connectivity index (χ1) is 14.6. The van der Waals surface area contributed by atoms with E-state index in [9.17, 15) is 4.79 Å². The summed E-state index contributed by atoms with van der Waals surface area (Å²) in [5, 5.41) is 0. The van der Waals surface area contributed by atoms with E-state index in [0.717, 1.165) is 55.5 Å². The number of aromatic nitrogens is 3. The molecule has 1 aliphatic heterocycles. The average molecular weight is 491 g/mol. The molecule has 8 nitrogen and oxygen atoms in total. The van der Waals surface area contributed by atoms with Gasteiger partial charge in [-0.05, 0) is 58.1 Å². The van der Waals surface area contributed by atoms with Crippen molar-refractivity contribution in [2.45, 2.75) is 46.1 Å². The molecule has 0 aromatic carbocycles. The zero-order valence-electron chi connectivity index (χ0n) is 18.9. The number of hydrogen-bond acceptors (Lipinski definition) is 7. The van der Waals surface area contributed by atoms with Crippen LogP contribution in [0.25, 0.3) is 0 Å². The lowest BCUT2D eigenvalue weighted by molar-refractivity contribution is 0.0186. The molecular weight excluding hydrogens is 460 g/mol. The van der Waals surface area contributed by atoms with Gasteiger partial charge in [-0.15, -0.1) is 0 Å². The molecule has 31 heavy (non-hydrogen) atoms. The molecule has 1 saturated heterocycles. The topological polar surface area (TPSA) is 74.7 Å². The van der Waals surface area contributed by atoms with E-state index in [1.54, 1.807) is 16.5 Å². The summed E-state index contributed by atoms with van der Waals surface area (Å²) < 4.78 is 7.28. The highest BCUT2D eigenvalue weighted by Gasteiger charge is 2.27. The first-order valence-electron chi connectivity index (χ1n) is 10.5. The molecule has 2 aromatic heterocycles. The Kier molecular flexibility index (Phi) is 7.35. The highest BCUT2D eigenvalue weighted by atomic mass is 79.9. The van der Waals surface area contributed by atoms with Gasteiger partial charge >= 0.3 is 6.09 Å². The molecule has 0 radical (unpaired) electrons. The quantitative estimate of drug-likeness (QED) is 0.561. The third-order valence-corrected chi connectivity index (χ3v) is 5.90. The maximum Gasteiger partial charge on any atom is 0.410 e. The van der Waals surface area contributed by atoms with Gasteiger partial charge in [0.25, 0.3) is 0 Å². The van der Waals surface area contributed by atoms with Crippen molar-refractivity contribution in [3.8, 4) is 0 Å². The number of pyridine rings is 1. The Hall–Kier alpha value is -2.42. The number of piperidine rings is 1. The maximum atomic E-state index is 12.3. The molecule has 3 heterocycles. The molecule has 2 aromatic rings. The minimum absolute atomic E-state index is 0.220. The van der Waals surface area contributed by atoms with Crippen LogP contribution < -0.4 is 8.83 Å². The zero-order chi connectivity index (χ0) is 22.6. The molecule has 0 aliphatic carbocycles. The van der Waals surface area contributed by atoms with Crippen LogP contribution >= 0.6 is 16.1 Å². The summed E-state index contributed by atoms with van der Waals surface area (Å²) >= 11 is 3.58. The lowest BCUT2D eigenvalue weighted by atomic mass is 9.96. The Morgan fingerprint density at radius 1 is 1.23 bits per heavy atom. The lowest BCUT2D eigenvalue weighted by Crippen LogP contribution is -2.43. The smallest absolute Gasteiger partial charge is 0.410 e. The van der Waals surface area contributed by atoms with Crippen LogP contribution in [0.2, 0.25) is 0 Å². The van der Waals surface area contributed by atoms with Crippen LogP contribution in [0.3, 0.4) is 0 Å². The van der Waals surface area contributed by atoms with Crippen molar-refractivity contribution in [2.75, 3.05) is 35.5 Å². The van der Waals surface area contributed by atoms with Crippen LogP contribution in [0.5, 0.6) is 0 Å². The summed E-state index contributed by atoms with van der Waals surface area (Å²) in [5.74, 6) is 2.85. The highest BCUT2D eigenvalue weighted by Crippen LogP contribution is 2.30. The molecule has 0 N–H and O–H groups in total. The number of aryl methyl sites for hydroxylation is 1. The van der Waals surface area contributed by atoms with Gasteiger partial charge in [0.1, 0.15) is 29.4 Å². The van der Waals surface area contributed by atoms with Crippen LogP contribution in [0, 0.1) is 12.8 Å². The molecule has 1 amide bonds. The number of rotatable bonds is 5. The number of anilines is 3. The van der Waals surface area contributed by atoms with Gasteiger partial charge in [0.15, 0.2) is 0 Å². The van der Waals surface area contributed by atoms with Gasteiger partial charge in [0.2, 0.25) is 0 Å². The van der Waals surface area contributed by atoms with Gasteiger partial charge in [0.05, 0.1) is 16.1 Å². The Morgan fingerprint density at radius 3 is 2.55 bits per heavy atom. The third kappa shape index (κ3) is 6.29. The van der Waals surface area contributed by atoms with Crippen molar-refractivity contribution in [1.82, 2.24) is 19.9 Å². The molecule has 0 bridgehead atoms. The first-order valence-corrected chi connectivity index (χ1v) is 11.2. The van der Waals surface area contributed by atoms with Crippen molar-refractivity contribution in [1.29, 1.82) is 0 Å². The minimum atomic E-state index is -0.462. The SMILES string of the molecule is Cc1cccnc1N(Br)c1cc(N(C)CC2CCN(C(=O)OC(C)(C)C)CC2)ncn1. The number of carbonyl (C=O) groups excluding carboxylic acids is 1. The van der Waals surface area contributed by atoms with E-state index in [4.69, 9.17) is 4.74 Å². The number of hydrogen-bond donors (Lipinski definition) is 0. The summed E-state index contributed by atoms with van der Waals surface area (Å²) in [6.45, 7) is 9.99. The third-order valence-electron chi connectivity index (χ3n) is 5.20. The van der Waals surface area contributed by atoms with E-state index < -0.39 is 5.60 Å². The maximum absolute atomic E-state index is 12.3. The predicted octanol–water partition coefficient (Wildman–Crippen LogP) is 4.71. The summed E-state index contributed by atoms with van der Waals surface area (Å²) in [7, 11) is 2.04. The number of amides is 1. The van der Waals surface area contributed by atoms with Gasteiger partial charge in [-0.3, -0.25) is 0 Å². The van der Waals surface area contributed by atoms with Crippen molar-refractivity contribution in [2.24, 2.45) is 5.92 Å². The number of likely N-dealkylation sites (tertiary alicyclic amines) is 1. The van der Waals surface area contributed by atoms with Crippen molar-refractivity contribution < 1.29 is 9.53 Å². The molecule has 3 rings (SSSR count). The van der Waals surface area contributed by atoms with Gasteiger partial charge in [-0.25, -0.2) is 23.7 Å². The fourth-order valence-electron chi connectivity index (χ4n) is 3.55. The van der Waals surface area contributed by atoms with E-state index >= 15 is 0 Å². The van der Waals surface area contributed by atoms with Crippen LogP contribution in [0.4, 0.5) is 22.2 Å². The standard InChI is InChI=1S/C22H31BrN6O2/c1-16-7-6-10-24-20(16)29(23)19-13-18(25-15-26-19)27(5)14-17-8-11-28(12-9-17)21(30)31-22(2,3)4/h6-7,10,13,15,17H,8-9,11-12,14H2,1-5H3. The average Bonchev–Trinajstić information content (AvgIpc) is 2.73. The Morgan fingerprint density at radius 2 is 1.90 bits per heavy atom. The van der Waals surface area contributed by atoms with Gasteiger partial charge < -0.3 is 14.5 Å². The second-order valence-corrected chi connectivity index (χ2v) is 9.66. The number of nitrogens with zero attached hydrogens (tertiary/aromatic N) is 6. The largest absolute Gasteiger partial charge is 0.444 e. The van der Waals surface area contributed by atoms with Crippen molar-refractivity contribution >= 4 is 39.7 Å².